The maximum absolute atomic E-state index is 13.8. The minimum Gasteiger partial charge on any atom is -0.216 e. The molecule has 1 heterocycles. The van der Waals surface area contributed by atoms with Crippen LogP contribution < -0.4 is 0 Å². The van der Waals surface area contributed by atoms with Crippen molar-refractivity contribution in [2.24, 2.45) is 0 Å². The van der Waals surface area contributed by atoms with E-state index in [1.165, 1.54) is 17.8 Å². The van der Waals surface area contributed by atoms with Crippen molar-refractivity contribution in [1.82, 2.24) is 14.8 Å². The zero-order chi connectivity index (χ0) is 16.5. The molecule has 3 nitrogen and oxygen atoms in total. The number of rotatable bonds is 5. The number of halogens is 2. The third-order valence-corrected chi connectivity index (χ3v) is 4.83. The molecule has 0 N–H and O–H groups in total. The molecule has 122 valence electrons. The lowest BCUT2D eigenvalue weighted by Gasteiger charge is -2.03. The summed E-state index contributed by atoms with van der Waals surface area (Å²) in [6.07, 6.45) is 2.24. The molecule has 1 fully saturated rings. The predicted molar refractivity (Wildman–Crippen MR) is 89.3 cm³/mol. The quantitative estimate of drug-likeness (QED) is 0.628. The highest BCUT2D eigenvalue weighted by molar-refractivity contribution is 7.98. The molecule has 0 aliphatic heterocycles. The van der Waals surface area contributed by atoms with Crippen LogP contribution in [0.3, 0.4) is 0 Å². The third kappa shape index (κ3) is 3.06. The Bertz CT molecular complexity index is 860. The number of aromatic nitrogens is 3. The SMILES string of the molecule is Fc1cccc(CSc2nc(C3CC3)n(-c3ccccc3)n2)c1F. The zero-order valence-electron chi connectivity index (χ0n) is 12.8. The fourth-order valence-electron chi connectivity index (χ4n) is 2.53. The standard InChI is InChI=1S/C18H15F2N3S/c19-15-8-4-5-13(16(15)20)11-24-18-21-17(12-9-10-12)23(22-18)14-6-2-1-3-7-14/h1-8,12H,9-11H2. The molecular weight excluding hydrogens is 328 g/mol. The van der Waals surface area contributed by atoms with Crippen LogP contribution in [-0.2, 0) is 5.75 Å². The molecule has 0 atom stereocenters. The van der Waals surface area contributed by atoms with E-state index in [0.29, 0.717) is 22.4 Å². The van der Waals surface area contributed by atoms with Crippen molar-refractivity contribution in [3.8, 4) is 5.69 Å². The molecule has 0 bridgehead atoms. The lowest BCUT2D eigenvalue weighted by molar-refractivity contribution is 0.502. The van der Waals surface area contributed by atoms with E-state index in [0.717, 1.165) is 30.4 Å². The summed E-state index contributed by atoms with van der Waals surface area (Å²) in [6.45, 7) is 0. The molecule has 3 aromatic rings. The van der Waals surface area contributed by atoms with Crippen LogP contribution in [-0.4, -0.2) is 14.8 Å². The van der Waals surface area contributed by atoms with Gasteiger partial charge in [0.1, 0.15) is 5.82 Å². The first-order chi connectivity index (χ1) is 11.7. The fourth-order valence-corrected chi connectivity index (χ4v) is 3.34. The highest BCUT2D eigenvalue weighted by Gasteiger charge is 2.30. The summed E-state index contributed by atoms with van der Waals surface area (Å²) < 4.78 is 28.9. The molecule has 0 radical (unpaired) electrons. The van der Waals surface area contributed by atoms with E-state index in [4.69, 9.17) is 0 Å². The largest absolute Gasteiger partial charge is 0.216 e. The second-order valence-corrected chi connectivity index (χ2v) is 6.72. The molecule has 24 heavy (non-hydrogen) atoms. The van der Waals surface area contributed by atoms with Gasteiger partial charge in [0, 0.05) is 17.2 Å². The lowest BCUT2D eigenvalue weighted by atomic mass is 10.2. The smallest absolute Gasteiger partial charge is 0.209 e. The van der Waals surface area contributed by atoms with E-state index in [1.54, 1.807) is 6.07 Å². The van der Waals surface area contributed by atoms with Gasteiger partial charge < -0.3 is 0 Å². The zero-order valence-corrected chi connectivity index (χ0v) is 13.6. The van der Waals surface area contributed by atoms with Crippen LogP contribution in [0.15, 0.2) is 53.7 Å². The van der Waals surface area contributed by atoms with Crippen molar-refractivity contribution in [2.75, 3.05) is 0 Å². The summed E-state index contributed by atoms with van der Waals surface area (Å²) >= 11 is 1.32. The Morgan fingerprint density at radius 3 is 2.58 bits per heavy atom. The Morgan fingerprint density at radius 2 is 1.83 bits per heavy atom. The number of hydrogen-bond acceptors (Lipinski definition) is 3. The number of nitrogens with zero attached hydrogens (tertiary/aromatic N) is 3. The van der Waals surface area contributed by atoms with Gasteiger partial charge in [0.05, 0.1) is 5.69 Å². The number of para-hydroxylation sites is 1. The molecule has 6 heteroatoms. The fraction of sp³-hybridized carbons (Fsp3) is 0.222. The van der Waals surface area contributed by atoms with Crippen LogP contribution in [0.25, 0.3) is 5.69 Å². The monoisotopic (exact) mass is 343 g/mol. The maximum Gasteiger partial charge on any atom is 0.209 e. The van der Waals surface area contributed by atoms with E-state index in [-0.39, 0.29) is 0 Å². The summed E-state index contributed by atoms with van der Waals surface area (Å²) in [5, 5.41) is 5.15. The number of hydrogen-bond donors (Lipinski definition) is 0. The summed E-state index contributed by atoms with van der Waals surface area (Å²) in [4.78, 5) is 4.61. The van der Waals surface area contributed by atoms with Gasteiger partial charge in [-0.25, -0.2) is 18.4 Å². The molecule has 1 aromatic heterocycles. The molecular formula is C18H15F2N3S. The van der Waals surface area contributed by atoms with Crippen molar-refractivity contribution in [1.29, 1.82) is 0 Å². The Kier molecular flexibility index (Phi) is 4.06. The van der Waals surface area contributed by atoms with Gasteiger partial charge in [-0.3, -0.25) is 0 Å². The van der Waals surface area contributed by atoms with Gasteiger partial charge in [-0.1, -0.05) is 42.1 Å². The van der Waals surface area contributed by atoms with Gasteiger partial charge in [0.15, 0.2) is 11.6 Å². The van der Waals surface area contributed by atoms with Crippen molar-refractivity contribution < 1.29 is 8.78 Å². The van der Waals surface area contributed by atoms with Crippen molar-refractivity contribution >= 4 is 11.8 Å². The Labute approximate surface area is 142 Å². The molecule has 0 amide bonds. The Balaban J connectivity index is 1.59. The third-order valence-electron chi connectivity index (χ3n) is 3.94. The van der Waals surface area contributed by atoms with E-state index in [9.17, 15) is 8.78 Å². The van der Waals surface area contributed by atoms with E-state index >= 15 is 0 Å². The lowest BCUT2D eigenvalue weighted by Crippen LogP contribution is -2.01. The van der Waals surface area contributed by atoms with Crippen molar-refractivity contribution in [3.05, 3.63) is 71.6 Å². The Hall–Kier alpha value is -2.21. The summed E-state index contributed by atoms with van der Waals surface area (Å²) in [5.74, 6) is 0.0674. The maximum atomic E-state index is 13.8. The first-order valence-corrected chi connectivity index (χ1v) is 8.79. The molecule has 0 unspecified atom stereocenters. The first-order valence-electron chi connectivity index (χ1n) is 7.80. The van der Waals surface area contributed by atoms with Gasteiger partial charge in [0.25, 0.3) is 0 Å². The van der Waals surface area contributed by atoms with Crippen LogP contribution in [0, 0.1) is 11.6 Å². The average molecular weight is 343 g/mol. The van der Waals surface area contributed by atoms with Crippen LogP contribution in [0.4, 0.5) is 8.78 Å². The normalized spacial score (nSPS) is 14.1. The van der Waals surface area contributed by atoms with Gasteiger partial charge >= 0.3 is 0 Å². The number of thioether (sulfide) groups is 1. The minimum atomic E-state index is -0.824. The van der Waals surface area contributed by atoms with Crippen LogP contribution in [0.2, 0.25) is 0 Å². The van der Waals surface area contributed by atoms with Crippen LogP contribution in [0.1, 0.15) is 30.1 Å². The van der Waals surface area contributed by atoms with Gasteiger partial charge in [-0.2, -0.15) is 0 Å². The van der Waals surface area contributed by atoms with Gasteiger partial charge in [0.2, 0.25) is 5.16 Å². The highest BCUT2D eigenvalue weighted by Crippen LogP contribution is 2.40. The molecule has 1 saturated carbocycles. The average Bonchev–Trinajstić information content (AvgIpc) is 3.37. The Morgan fingerprint density at radius 1 is 1.04 bits per heavy atom. The van der Waals surface area contributed by atoms with Crippen molar-refractivity contribution in [2.45, 2.75) is 29.7 Å². The van der Waals surface area contributed by atoms with Gasteiger partial charge in [-0.15, -0.1) is 5.10 Å². The van der Waals surface area contributed by atoms with E-state index < -0.39 is 11.6 Å². The van der Waals surface area contributed by atoms with Crippen molar-refractivity contribution in [3.63, 3.8) is 0 Å². The summed E-state index contributed by atoms with van der Waals surface area (Å²) in [5.41, 5.74) is 1.29. The van der Waals surface area contributed by atoms with Crippen LogP contribution in [0.5, 0.6) is 0 Å². The summed E-state index contributed by atoms with van der Waals surface area (Å²) in [7, 11) is 0. The second-order valence-electron chi connectivity index (χ2n) is 5.78. The molecule has 4 rings (SSSR count). The van der Waals surface area contributed by atoms with E-state index in [1.807, 2.05) is 35.0 Å². The highest BCUT2D eigenvalue weighted by atomic mass is 32.2. The number of benzene rings is 2. The summed E-state index contributed by atoms with van der Waals surface area (Å²) in [6, 6.07) is 14.1. The van der Waals surface area contributed by atoms with E-state index in [2.05, 4.69) is 10.1 Å². The molecule has 2 aromatic carbocycles. The van der Waals surface area contributed by atoms with Gasteiger partial charge in [-0.05, 0) is 31.0 Å². The second kappa shape index (κ2) is 6.36. The molecule has 1 aliphatic carbocycles. The minimum absolute atomic E-state index is 0.298. The molecule has 0 spiro atoms. The molecule has 0 saturated heterocycles. The topological polar surface area (TPSA) is 30.7 Å². The first kappa shape index (κ1) is 15.3. The predicted octanol–water partition coefficient (Wildman–Crippen LogP) is 4.72. The molecule has 1 aliphatic rings. The van der Waals surface area contributed by atoms with Crippen LogP contribution >= 0.6 is 11.8 Å².